The molecule has 0 saturated carbocycles. The molecule has 1 heterocycles. The minimum atomic E-state index is 0.159. The third-order valence-electron chi connectivity index (χ3n) is 3.03. The van der Waals surface area contributed by atoms with Gasteiger partial charge < -0.3 is 4.98 Å². The SMILES string of the molecule is [2H][C@@H](CCCCCCC)CCCc1ccc[nH]1. The highest BCUT2D eigenvalue weighted by Crippen LogP contribution is 2.11. The molecule has 1 rings (SSSR count). The average molecular weight is 222 g/mol. The first-order chi connectivity index (χ1) is 8.33. The molecule has 0 aliphatic carbocycles. The molecule has 0 aromatic carbocycles. The third-order valence-corrected chi connectivity index (χ3v) is 3.03. The highest BCUT2D eigenvalue weighted by Gasteiger charge is 1.94. The first kappa shape index (κ1) is 11.8. The lowest BCUT2D eigenvalue weighted by atomic mass is 10.1. The van der Waals surface area contributed by atoms with Gasteiger partial charge in [-0.1, -0.05) is 58.3 Å². The summed E-state index contributed by atoms with van der Waals surface area (Å²) in [5.41, 5.74) is 1.31. The fourth-order valence-electron chi connectivity index (χ4n) is 2.00. The Kier molecular flexibility index (Phi) is 6.98. The Bertz CT molecular complexity index is 256. The molecule has 1 aromatic heterocycles. The molecular formula is C15H27N. The largest absolute Gasteiger partial charge is 0.365 e. The predicted molar refractivity (Wildman–Crippen MR) is 71.7 cm³/mol. The summed E-state index contributed by atoms with van der Waals surface area (Å²) in [5, 5.41) is 0. The molecule has 0 spiro atoms. The molecule has 0 unspecified atom stereocenters. The molecule has 0 fully saturated rings. The Balaban J connectivity index is 1.92. The third kappa shape index (κ3) is 6.71. The Labute approximate surface area is 102 Å². The zero-order valence-corrected chi connectivity index (χ0v) is 10.7. The van der Waals surface area contributed by atoms with Crippen molar-refractivity contribution < 1.29 is 1.37 Å². The number of aromatic amines is 1. The van der Waals surface area contributed by atoms with E-state index in [1.54, 1.807) is 0 Å². The maximum absolute atomic E-state index is 7.97. The zero-order chi connectivity index (χ0) is 12.3. The van der Waals surface area contributed by atoms with Crippen LogP contribution in [0, 0.1) is 0 Å². The molecule has 0 radical (unpaired) electrons. The van der Waals surface area contributed by atoms with E-state index < -0.39 is 0 Å². The van der Waals surface area contributed by atoms with Crippen molar-refractivity contribution in [3.8, 4) is 0 Å². The lowest BCUT2D eigenvalue weighted by Crippen LogP contribution is -1.86. The van der Waals surface area contributed by atoms with E-state index in [1.807, 2.05) is 12.3 Å². The van der Waals surface area contributed by atoms with E-state index in [9.17, 15) is 0 Å². The summed E-state index contributed by atoms with van der Waals surface area (Å²) in [7, 11) is 0. The molecule has 0 saturated heterocycles. The normalized spacial score (nSPS) is 13.7. The molecule has 1 heteroatoms. The number of aromatic nitrogens is 1. The molecule has 92 valence electrons. The van der Waals surface area contributed by atoms with Gasteiger partial charge in [0.2, 0.25) is 0 Å². The van der Waals surface area contributed by atoms with Crippen LogP contribution in [-0.2, 0) is 6.42 Å². The van der Waals surface area contributed by atoms with Gasteiger partial charge in [0, 0.05) is 13.3 Å². The van der Waals surface area contributed by atoms with Crippen molar-refractivity contribution in [1.82, 2.24) is 4.98 Å². The van der Waals surface area contributed by atoms with Gasteiger partial charge in [0.25, 0.3) is 0 Å². The first-order valence-electron chi connectivity index (χ1n) is 7.45. The van der Waals surface area contributed by atoms with Crippen molar-refractivity contribution in [2.45, 2.75) is 71.1 Å². The van der Waals surface area contributed by atoms with Crippen LogP contribution in [0.3, 0.4) is 0 Å². The lowest BCUT2D eigenvalue weighted by Gasteiger charge is -2.01. The summed E-state index contributed by atoms with van der Waals surface area (Å²) in [6.45, 7) is 2.24. The monoisotopic (exact) mass is 222 g/mol. The number of unbranched alkanes of at least 4 members (excludes halogenated alkanes) is 4. The van der Waals surface area contributed by atoms with Gasteiger partial charge in [0.05, 0.1) is 0 Å². The molecule has 0 amide bonds. The van der Waals surface area contributed by atoms with Crippen molar-refractivity contribution in [3.63, 3.8) is 0 Å². The number of H-pyrrole nitrogens is 1. The minimum Gasteiger partial charge on any atom is -0.365 e. The second-order valence-electron chi connectivity index (χ2n) is 4.58. The Hall–Kier alpha value is -0.720. The molecule has 1 aromatic rings. The van der Waals surface area contributed by atoms with Gasteiger partial charge in [0.15, 0.2) is 0 Å². The van der Waals surface area contributed by atoms with E-state index in [1.165, 1.54) is 37.8 Å². The fraction of sp³-hybridized carbons (Fsp3) is 0.733. The predicted octanol–water partition coefficient (Wildman–Crippen LogP) is 5.09. The standard InChI is InChI=1S/C15H27N/c1-2-3-4-5-6-7-8-9-10-12-15-13-11-14-16-15/h11,13-14,16H,2-10,12H2,1H3/i8D/t8-/m0/s1. The van der Waals surface area contributed by atoms with Gasteiger partial charge >= 0.3 is 0 Å². The van der Waals surface area contributed by atoms with Gasteiger partial charge in [-0.3, -0.25) is 0 Å². The molecular weight excluding hydrogens is 194 g/mol. The molecule has 1 N–H and O–H groups in total. The first-order valence-corrected chi connectivity index (χ1v) is 6.87. The van der Waals surface area contributed by atoms with Crippen LogP contribution in [-0.4, -0.2) is 4.98 Å². The number of hydrogen-bond donors (Lipinski definition) is 1. The highest BCUT2D eigenvalue weighted by atomic mass is 14.7. The van der Waals surface area contributed by atoms with Crippen LogP contribution >= 0.6 is 0 Å². The minimum absolute atomic E-state index is 0.159. The van der Waals surface area contributed by atoms with E-state index in [-0.39, 0.29) is 6.40 Å². The summed E-state index contributed by atoms with van der Waals surface area (Å²) < 4.78 is 7.97. The van der Waals surface area contributed by atoms with E-state index in [0.29, 0.717) is 0 Å². The van der Waals surface area contributed by atoms with Gasteiger partial charge in [-0.15, -0.1) is 0 Å². The molecule has 0 aliphatic rings. The van der Waals surface area contributed by atoms with Crippen molar-refractivity contribution in [3.05, 3.63) is 24.0 Å². The quantitative estimate of drug-likeness (QED) is 0.531. The Morgan fingerprint density at radius 2 is 1.81 bits per heavy atom. The molecule has 1 atom stereocenters. The van der Waals surface area contributed by atoms with Crippen LogP contribution in [0.2, 0.25) is 0 Å². The topological polar surface area (TPSA) is 15.8 Å². The van der Waals surface area contributed by atoms with Gasteiger partial charge in [0.1, 0.15) is 0 Å². The second kappa shape index (κ2) is 9.50. The maximum atomic E-state index is 7.97. The maximum Gasteiger partial charge on any atom is 0.0267 e. The summed E-state index contributed by atoms with van der Waals surface area (Å²) >= 11 is 0. The van der Waals surface area contributed by atoms with Crippen LogP contribution < -0.4 is 0 Å². The van der Waals surface area contributed by atoms with Crippen LogP contribution in [0.15, 0.2) is 18.3 Å². The molecule has 0 bridgehead atoms. The molecule has 1 nitrogen and oxygen atoms in total. The number of nitrogens with one attached hydrogen (secondary N) is 1. The number of aryl methyl sites for hydroxylation is 1. The van der Waals surface area contributed by atoms with Crippen molar-refractivity contribution >= 4 is 0 Å². The smallest absolute Gasteiger partial charge is 0.0267 e. The molecule has 16 heavy (non-hydrogen) atoms. The lowest BCUT2D eigenvalue weighted by molar-refractivity contribution is 0.564. The van der Waals surface area contributed by atoms with Crippen molar-refractivity contribution in [2.24, 2.45) is 0 Å². The summed E-state index contributed by atoms with van der Waals surface area (Å²) in [4.78, 5) is 3.22. The van der Waals surface area contributed by atoms with E-state index in [4.69, 9.17) is 1.37 Å². The fourth-order valence-corrected chi connectivity index (χ4v) is 2.00. The van der Waals surface area contributed by atoms with Crippen LogP contribution in [0.4, 0.5) is 0 Å². The molecule has 0 aliphatic heterocycles. The van der Waals surface area contributed by atoms with Crippen LogP contribution in [0.1, 0.15) is 71.8 Å². The van der Waals surface area contributed by atoms with Crippen molar-refractivity contribution in [1.29, 1.82) is 0 Å². The summed E-state index contributed by atoms with van der Waals surface area (Å²) in [6, 6.07) is 4.17. The van der Waals surface area contributed by atoms with E-state index in [0.717, 1.165) is 25.7 Å². The summed E-state index contributed by atoms with van der Waals surface area (Å²) in [5.74, 6) is 0. The average Bonchev–Trinajstić information content (AvgIpc) is 2.82. The zero-order valence-electron chi connectivity index (χ0n) is 11.7. The van der Waals surface area contributed by atoms with E-state index >= 15 is 0 Å². The van der Waals surface area contributed by atoms with Gasteiger partial charge in [-0.2, -0.15) is 0 Å². The Morgan fingerprint density at radius 3 is 2.56 bits per heavy atom. The Morgan fingerprint density at radius 1 is 1.06 bits per heavy atom. The highest BCUT2D eigenvalue weighted by molar-refractivity contribution is 5.03. The van der Waals surface area contributed by atoms with Gasteiger partial charge in [-0.25, -0.2) is 0 Å². The van der Waals surface area contributed by atoms with E-state index in [2.05, 4.69) is 18.0 Å². The van der Waals surface area contributed by atoms with Crippen LogP contribution in [0.25, 0.3) is 0 Å². The number of rotatable bonds is 10. The number of hydrogen-bond acceptors (Lipinski definition) is 0. The van der Waals surface area contributed by atoms with Gasteiger partial charge in [-0.05, 0) is 25.0 Å². The van der Waals surface area contributed by atoms with Crippen LogP contribution in [0.5, 0.6) is 0 Å². The summed E-state index contributed by atoms with van der Waals surface area (Å²) in [6.07, 6.45) is 13.1. The van der Waals surface area contributed by atoms with Crippen molar-refractivity contribution in [2.75, 3.05) is 0 Å². The second-order valence-corrected chi connectivity index (χ2v) is 4.58.